The zero-order valence-electron chi connectivity index (χ0n) is 16.9. The Bertz CT molecular complexity index is 1200. The lowest BCUT2D eigenvalue weighted by molar-refractivity contribution is -0.113. The number of hydrogen-bond acceptors (Lipinski definition) is 5. The molecule has 0 bridgehead atoms. The van der Waals surface area contributed by atoms with E-state index >= 15 is 0 Å². The Morgan fingerprint density at radius 1 is 1.06 bits per heavy atom. The molecule has 0 atom stereocenters. The highest BCUT2D eigenvalue weighted by Crippen LogP contribution is 2.37. The minimum Gasteiger partial charge on any atom is -0.493 e. The zero-order valence-corrected chi connectivity index (χ0v) is 20.9. The molecule has 0 spiro atoms. The molecular weight excluding hydrogens is 530 g/mol. The Kier molecular flexibility index (Phi) is 7.20. The number of methoxy groups -OCH3 is 1. The van der Waals surface area contributed by atoms with Gasteiger partial charge in [0.1, 0.15) is 6.61 Å². The van der Waals surface area contributed by atoms with Crippen LogP contribution in [0.2, 0.25) is 5.02 Å². The summed E-state index contributed by atoms with van der Waals surface area (Å²) in [6.45, 7) is 0.388. The van der Waals surface area contributed by atoms with Gasteiger partial charge in [-0.25, -0.2) is 0 Å². The standard InChI is InChI=1S/C24H17BrClNO3S2/c1-29-21-12-16(4-11-20(21)30-14-15-2-7-18(26)8-3-15)13-22-23(28)27(24(31)32-22)19-9-5-17(25)6-10-19/h2-13H,14H2,1H3/b22-13+. The molecule has 4 rings (SSSR count). The van der Waals surface area contributed by atoms with Crippen molar-refractivity contribution in [3.8, 4) is 11.5 Å². The number of amides is 1. The first-order chi connectivity index (χ1) is 15.4. The molecule has 0 unspecified atom stereocenters. The lowest BCUT2D eigenvalue weighted by Crippen LogP contribution is -2.27. The first-order valence-corrected chi connectivity index (χ1v) is 11.9. The van der Waals surface area contributed by atoms with Crippen molar-refractivity contribution in [1.82, 2.24) is 0 Å². The van der Waals surface area contributed by atoms with Crippen molar-refractivity contribution in [3.05, 3.63) is 92.3 Å². The molecular formula is C24H17BrClNO3S2. The van der Waals surface area contributed by atoms with Crippen LogP contribution in [0, 0.1) is 0 Å². The molecule has 0 saturated carbocycles. The predicted molar refractivity (Wildman–Crippen MR) is 139 cm³/mol. The first kappa shape index (κ1) is 22.9. The molecule has 3 aromatic carbocycles. The van der Waals surface area contributed by atoms with E-state index in [-0.39, 0.29) is 5.91 Å². The highest BCUT2D eigenvalue weighted by molar-refractivity contribution is 9.10. The Balaban J connectivity index is 1.52. The first-order valence-electron chi connectivity index (χ1n) is 9.53. The van der Waals surface area contributed by atoms with Crippen LogP contribution in [-0.2, 0) is 11.4 Å². The molecule has 3 aromatic rings. The van der Waals surface area contributed by atoms with Crippen LogP contribution in [0.25, 0.3) is 6.08 Å². The van der Waals surface area contributed by atoms with E-state index in [0.717, 1.165) is 21.3 Å². The second-order valence-corrected chi connectivity index (χ2v) is 9.85. The van der Waals surface area contributed by atoms with Crippen molar-refractivity contribution >= 4 is 73.5 Å². The van der Waals surface area contributed by atoms with Gasteiger partial charge < -0.3 is 9.47 Å². The fourth-order valence-electron chi connectivity index (χ4n) is 3.07. The van der Waals surface area contributed by atoms with Crippen LogP contribution in [0.5, 0.6) is 11.5 Å². The van der Waals surface area contributed by atoms with E-state index in [1.807, 2.05) is 72.8 Å². The molecule has 1 saturated heterocycles. The van der Waals surface area contributed by atoms with Gasteiger partial charge in [0.2, 0.25) is 0 Å². The van der Waals surface area contributed by atoms with E-state index in [1.54, 1.807) is 12.0 Å². The maximum Gasteiger partial charge on any atom is 0.270 e. The largest absolute Gasteiger partial charge is 0.493 e. The van der Waals surface area contributed by atoms with Crippen molar-refractivity contribution in [1.29, 1.82) is 0 Å². The molecule has 0 radical (unpaired) electrons. The van der Waals surface area contributed by atoms with Crippen LogP contribution in [0.3, 0.4) is 0 Å². The van der Waals surface area contributed by atoms with Gasteiger partial charge in [0, 0.05) is 9.50 Å². The van der Waals surface area contributed by atoms with Crippen LogP contribution in [0.15, 0.2) is 76.1 Å². The number of nitrogens with zero attached hydrogens (tertiary/aromatic N) is 1. The molecule has 1 heterocycles. The quantitative estimate of drug-likeness (QED) is 0.244. The van der Waals surface area contributed by atoms with E-state index in [2.05, 4.69) is 15.9 Å². The zero-order chi connectivity index (χ0) is 22.7. The van der Waals surface area contributed by atoms with Crippen molar-refractivity contribution in [2.45, 2.75) is 6.61 Å². The van der Waals surface area contributed by atoms with E-state index in [4.69, 9.17) is 33.3 Å². The molecule has 1 amide bonds. The number of carbonyl (C=O) groups is 1. The van der Waals surface area contributed by atoms with Crippen LogP contribution in [0.4, 0.5) is 5.69 Å². The van der Waals surface area contributed by atoms with Crippen molar-refractivity contribution in [2.75, 3.05) is 12.0 Å². The normalized spacial score (nSPS) is 14.8. The van der Waals surface area contributed by atoms with Gasteiger partial charge in [0.25, 0.3) is 5.91 Å². The average Bonchev–Trinajstić information content (AvgIpc) is 3.07. The summed E-state index contributed by atoms with van der Waals surface area (Å²) in [7, 11) is 1.58. The Morgan fingerprint density at radius 2 is 1.78 bits per heavy atom. The number of hydrogen-bond donors (Lipinski definition) is 0. The van der Waals surface area contributed by atoms with Gasteiger partial charge in [-0.3, -0.25) is 9.69 Å². The molecule has 8 heteroatoms. The molecule has 4 nitrogen and oxygen atoms in total. The predicted octanol–water partition coefficient (Wildman–Crippen LogP) is 7.10. The molecule has 1 fully saturated rings. The topological polar surface area (TPSA) is 38.8 Å². The smallest absolute Gasteiger partial charge is 0.270 e. The van der Waals surface area contributed by atoms with Crippen LogP contribution in [-0.4, -0.2) is 17.3 Å². The number of benzene rings is 3. The summed E-state index contributed by atoms with van der Waals surface area (Å²) >= 11 is 16.1. The van der Waals surface area contributed by atoms with E-state index in [0.29, 0.717) is 32.4 Å². The summed E-state index contributed by atoms with van der Waals surface area (Å²) in [4.78, 5) is 15.1. The third kappa shape index (κ3) is 5.18. The third-order valence-corrected chi connectivity index (χ3v) is 6.75. The lowest BCUT2D eigenvalue weighted by Gasteiger charge is -2.14. The van der Waals surface area contributed by atoms with Gasteiger partial charge in [-0.15, -0.1) is 0 Å². The summed E-state index contributed by atoms with van der Waals surface area (Å²) in [5, 5.41) is 0.682. The molecule has 32 heavy (non-hydrogen) atoms. The molecule has 162 valence electrons. The Labute approximate surface area is 209 Å². The summed E-state index contributed by atoms with van der Waals surface area (Å²) in [6.07, 6.45) is 1.81. The third-order valence-electron chi connectivity index (χ3n) is 4.67. The van der Waals surface area contributed by atoms with Crippen molar-refractivity contribution in [2.24, 2.45) is 0 Å². The molecule has 1 aliphatic rings. The highest BCUT2D eigenvalue weighted by Gasteiger charge is 2.33. The van der Waals surface area contributed by atoms with Gasteiger partial charge >= 0.3 is 0 Å². The SMILES string of the molecule is COc1cc(/C=C2/SC(=S)N(c3ccc(Br)cc3)C2=O)ccc1OCc1ccc(Cl)cc1. The number of anilines is 1. The van der Waals surface area contributed by atoms with Crippen molar-refractivity contribution in [3.63, 3.8) is 0 Å². The number of carbonyl (C=O) groups excluding carboxylic acids is 1. The van der Waals surface area contributed by atoms with E-state index < -0.39 is 0 Å². The Hall–Kier alpha value is -2.32. The van der Waals surface area contributed by atoms with Gasteiger partial charge in [0.15, 0.2) is 15.8 Å². The minimum absolute atomic E-state index is 0.149. The number of thioether (sulfide) groups is 1. The summed E-state index contributed by atoms with van der Waals surface area (Å²) < 4.78 is 12.8. The summed E-state index contributed by atoms with van der Waals surface area (Å²) in [5.74, 6) is 1.04. The highest BCUT2D eigenvalue weighted by atomic mass is 79.9. The molecule has 0 aliphatic carbocycles. The second-order valence-electron chi connectivity index (χ2n) is 6.82. The summed E-state index contributed by atoms with van der Waals surface area (Å²) in [6, 6.07) is 20.5. The molecule has 0 N–H and O–H groups in total. The fraction of sp³-hybridized carbons (Fsp3) is 0.0833. The van der Waals surface area contributed by atoms with Crippen molar-refractivity contribution < 1.29 is 14.3 Å². The number of halogens is 2. The van der Waals surface area contributed by atoms with Gasteiger partial charge in [-0.1, -0.05) is 69.7 Å². The second kappa shape index (κ2) is 10.1. The average molecular weight is 547 g/mol. The molecule has 1 aliphatic heterocycles. The fourth-order valence-corrected chi connectivity index (χ4v) is 4.76. The molecule has 0 aromatic heterocycles. The van der Waals surface area contributed by atoms with Gasteiger partial charge in [-0.05, 0) is 65.7 Å². The lowest BCUT2D eigenvalue weighted by atomic mass is 10.1. The monoisotopic (exact) mass is 545 g/mol. The number of thiocarbonyl (C=S) groups is 1. The number of ether oxygens (including phenoxy) is 2. The Morgan fingerprint density at radius 3 is 2.47 bits per heavy atom. The summed E-state index contributed by atoms with van der Waals surface area (Å²) in [5.41, 5.74) is 2.55. The van der Waals surface area contributed by atoms with Gasteiger partial charge in [0.05, 0.1) is 17.7 Å². The van der Waals surface area contributed by atoms with E-state index in [1.165, 1.54) is 11.8 Å². The van der Waals surface area contributed by atoms with Gasteiger partial charge in [-0.2, -0.15) is 0 Å². The number of rotatable bonds is 6. The van der Waals surface area contributed by atoms with Crippen LogP contribution in [0.1, 0.15) is 11.1 Å². The van der Waals surface area contributed by atoms with E-state index in [9.17, 15) is 4.79 Å². The minimum atomic E-state index is -0.149. The maximum atomic E-state index is 13.0. The van der Waals surface area contributed by atoms with Crippen LogP contribution < -0.4 is 14.4 Å². The maximum absolute atomic E-state index is 13.0. The van der Waals surface area contributed by atoms with Crippen LogP contribution >= 0.6 is 51.5 Å².